The molecule has 0 aliphatic carbocycles. The predicted molar refractivity (Wildman–Crippen MR) is 121 cm³/mol. The van der Waals surface area contributed by atoms with Crippen molar-refractivity contribution < 1.29 is 22.4 Å². The molecule has 8 nitrogen and oxygen atoms in total. The fourth-order valence-electron chi connectivity index (χ4n) is 3.27. The number of fused-ring (bicyclic) bond motifs is 1. The smallest absolute Gasteiger partial charge is 0.407 e. The Morgan fingerprint density at radius 1 is 1.19 bits per heavy atom. The number of pyridine rings is 1. The Kier molecular flexibility index (Phi) is 7.20. The molecule has 1 N–H and O–H groups in total. The van der Waals surface area contributed by atoms with Crippen LogP contribution in [0, 0.1) is 5.41 Å². The van der Waals surface area contributed by atoms with Crippen LogP contribution in [0.3, 0.4) is 0 Å². The zero-order valence-corrected chi connectivity index (χ0v) is 19.6. The first-order chi connectivity index (χ1) is 15.1. The molecule has 0 saturated carbocycles. The molecule has 2 aromatic heterocycles. The molecule has 0 unspecified atom stereocenters. The Morgan fingerprint density at radius 2 is 1.91 bits per heavy atom. The van der Waals surface area contributed by atoms with E-state index in [9.17, 15) is 13.2 Å². The number of carbonyl (C=O) groups excluding carboxylic acids is 1. The van der Waals surface area contributed by atoms with Crippen LogP contribution in [-0.4, -0.2) is 43.0 Å². The summed E-state index contributed by atoms with van der Waals surface area (Å²) in [4.78, 5) is 16.1. The van der Waals surface area contributed by atoms with E-state index in [1.165, 1.54) is 10.6 Å². The van der Waals surface area contributed by atoms with Crippen molar-refractivity contribution in [2.75, 3.05) is 13.1 Å². The summed E-state index contributed by atoms with van der Waals surface area (Å²) in [6, 6.07) is 10.1. The number of hydrogen-bond acceptors (Lipinski definition) is 6. The lowest BCUT2D eigenvalue weighted by Crippen LogP contribution is -2.44. The van der Waals surface area contributed by atoms with Crippen LogP contribution in [0.5, 0.6) is 0 Å². The Hall–Kier alpha value is -2.91. The van der Waals surface area contributed by atoms with Gasteiger partial charge in [-0.25, -0.2) is 13.2 Å². The van der Waals surface area contributed by atoms with E-state index in [1.54, 1.807) is 62.6 Å². The Bertz CT molecular complexity index is 1160. The van der Waals surface area contributed by atoms with Crippen LogP contribution in [0.15, 0.2) is 64.4 Å². The zero-order valence-electron chi connectivity index (χ0n) is 18.7. The van der Waals surface area contributed by atoms with Crippen molar-refractivity contribution in [1.82, 2.24) is 14.6 Å². The molecule has 1 amide bonds. The predicted octanol–water partition coefficient (Wildman–Crippen LogP) is 4.18. The lowest BCUT2D eigenvalue weighted by atomic mass is 9.93. The lowest BCUT2D eigenvalue weighted by Gasteiger charge is -2.32. The van der Waals surface area contributed by atoms with Crippen molar-refractivity contribution in [2.24, 2.45) is 5.41 Å². The van der Waals surface area contributed by atoms with Crippen molar-refractivity contribution in [1.29, 1.82) is 0 Å². The van der Waals surface area contributed by atoms with E-state index in [0.717, 1.165) is 5.56 Å². The molecule has 0 aliphatic rings. The number of furan rings is 1. The molecule has 0 radical (unpaired) electrons. The van der Waals surface area contributed by atoms with Crippen LogP contribution >= 0.6 is 0 Å². The van der Waals surface area contributed by atoms with Crippen molar-refractivity contribution >= 4 is 27.1 Å². The number of hydrogen-bond donors (Lipinski definition) is 1. The summed E-state index contributed by atoms with van der Waals surface area (Å²) in [5, 5.41) is 3.45. The van der Waals surface area contributed by atoms with Gasteiger partial charge in [-0.05, 0) is 61.2 Å². The topological polar surface area (TPSA) is 102 Å². The van der Waals surface area contributed by atoms with Gasteiger partial charge in [-0.2, -0.15) is 4.31 Å². The van der Waals surface area contributed by atoms with Gasteiger partial charge in [0.15, 0.2) is 0 Å². The maximum absolute atomic E-state index is 13.6. The van der Waals surface area contributed by atoms with Gasteiger partial charge in [0, 0.05) is 37.4 Å². The highest BCUT2D eigenvalue weighted by Crippen LogP contribution is 2.27. The van der Waals surface area contributed by atoms with Gasteiger partial charge in [0.25, 0.3) is 0 Å². The van der Waals surface area contributed by atoms with Gasteiger partial charge in [-0.1, -0.05) is 13.8 Å². The van der Waals surface area contributed by atoms with E-state index in [1.807, 2.05) is 13.8 Å². The number of amides is 1. The number of rotatable bonds is 9. The molecule has 0 saturated heterocycles. The van der Waals surface area contributed by atoms with Gasteiger partial charge >= 0.3 is 6.09 Å². The van der Waals surface area contributed by atoms with E-state index in [0.29, 0.717) is 11.0 Å². The van der Waals surface area contributed by atoms with Crippen molar-refractivity contribution in [2.45, 2.75) is 45.2 Å². The van der Waals surface area contributed by atoms with Crippen LogP contribution in [0.25, 0.3) is 11.0 Å². The molecule has 0 aliphatic heterocycles. The Labute approximate surface area is 188 Å². The minimum atomic E-state index is -3.83. The number of aromatic nitrogens is 1. The van der Waals surface area contributed by atoms with E-state index in [4.69, 9.17) is 9.15 Å². The van der Waals surface area contributed by atoms with Gasteiger partial charge < -0.3 is 14.5 Å². The molecule has 172 valence electrons. The monoisotopic (exact) mass is 459 g/mol. The highest BCUT2D eigenvalue weighted by molar-refractivity contribution is 7.89. The molecular weight excluding hydrogens is 430 g/mol. The number of sulfonamides is 1. The first-order valence-electron chi connectivity index (χ1n) is 10.4. The molecule has 3 aromatic rings. The zero-order chi connectivity index (χ0) is 23.4. The van der Waals surface area contributed by atoms with Gasteiger partial charge in [0.2, 0.25) is 10.0 Å². The molecule has 2 heterocycles. The third-order valence-electron chi connectivity index (χ3n) is 4.83. The minimum absolute atomic E-state index is 0.175. The van der Waals surface area contributed by atoms with Gasteiger partial charge in [0.05, 0.1) is 17.3 Å². The molecule has 1 aromatic carbocycles. The van der Waals surface area contributed by atoms with Crippen molar-refractivity contribution in [3.63, 3.8) is 0 Å². The average molecular weight is 460 g/mol. The van der Waals surface area contributed by atoms with E-state index in [-0.39, 0.29) is 30.6 Å². The van der Waals surface area contributed by atoms with Gasteiger partial charge in [0.1, 0.15) is 5.58 Å². The maximum atomic E-state index is 13.6. The first kappa shape index (κ1) is 23.7. The second-order valence-electron chi connectivity index (χ2n) is 8.72. The van der Waals surface area contributed by atoms with Gasteiger partial charge in [-0.15, -0.1) is 0 Å². The van der Waals surface area contributed by atoms with Crippen molar-refractivity contribution in [3.05, 3.63) is 60.6 Å². The van der Waals surface area contributed by atoms with Crippen molar-refractivity contribution in [3.8, 4) is 0 Å². The average Bonchev–Trinajstić information content (AvgIpc) is 3.20. The quantitative estimate of drug-likeness (QED) is 0.515. The fraction of sp³-hybridized carbons (Fsp3) is 0.391. The van der Waals surface area contributed by atoms with Gasteiger partial charge in [-0.3, -0.25) is 4.98 Å². The van der Waals surface area contributed by atoms with E-state index >= 15 is 0 Å². The Balaban J connectivity index is 1.86. The standard InChI is InChI=1S/C23H29N3O5S/c1-17(2)31-22(27)25-15-23(3,4)16-26(14-18-7-10-24-11-8-18)32(28,29)20-5-6-21-19(13-20)9-12-30-21/h5-13,17H,14-16H2,1-4H3,(H,25,27). The highest BCUT2D eigenvalue weighted by Gasteiger charge is 2.32. The summed E-state index contributed by atoms with van der Waals surface area (Å²) in [5.74, 6) is 0. The molecule has 9 heteroatoms. The molecule has 3 rings (SSSR count). The number of benzene rings is 1. The number of alkyl carbamates (subject to hydrolysis) is 1. The summed E-state index contributed by atoms with van der Waals surface area (Å²) in [5.41, 5.74) is 0.879. The number of carbonyl (C=O) groups is 1. The third kappa shape index (κ3) is 6.08. The summed E-state index contributed by atoms with van der Waals surface area (Å²) in [7, 11) is -3.83. The summed E-state index contributed by atoms with van der Waals surface area (Å²) < 4.78 is 39.1. The first-order valence-corrected chi connectivity index (χ1v) is 11.8. The normalized spacial score (nSPS) is 12.4. The number of ether oxygens (including phenoxy) is 1. The van der Waals surface area contributed by atoms with E-state index < -0.39 is 21.5 Å². The van der Waals surface area contributed by atoms with Crippen LogP contribution in [-0.2, 0) is 21.3 Å². The molecule has 0 atom stereocenters. The van der Waals surface area contributed by atoms with E-state index in [2.05, 4.69) is 10.3 Å². The van der Waals surface area contributed by atoms with Crippen LogP contribution in [0.1, 0.15) is 33.3 Å². The molecular formula is C23H29N3O5S. The number of nitrogens with zero attached hydrogens (tertiary/aromatic N) is 2. The summed E-state index contributed by atoms with van der Waals surface area (Å²) in [6.45, 7) is 7.95. The Morgan fingerprint density at radius 3 is 2.59 bits per heavy atom. The summed E-state index contributed by atoms with van der Waals surface area (Å²) >= 11 is 0. The third-order valence-corrected chi connectivity index (χ3v) is 6.62. The highest BCUT2D eigenvalue weighted by atomic mass is 32.2. The van der Waals surface area contributed by atoms with Crippen LogP contribution in [0.4, 0.5) is 4.79 Å². The van der Waals surface area contributed by atoms with Crippen LogP contribution in [0.2, 0.25) is 0 Å². The second-order valence-corrected chi connectivity index (χ2v) is 10.7. The fourth-order valence-corrected chi connectivity index (χ4v) is 4.92. The molecule has 0 fully saturated rings. The molecule has 32 heavy (non-hydrogen) atoms. The lowest BCUT2D eigenvalue weighted by molar-refractivity contribution is 0.110. The minimum Gasteiger partial charge on any atom is -0.464 e. The number of nitrogens with one attached hydrogen (secondary N) is 1. The largest absolute Gasteiger partial charge is 0.464 e. The SMILES string of the molecule is CC(C)OC(=O)NCC(C)(C)CN(Cc1ccncc1)S(=O)(=O)c1ccc2occc2c1. The molecule has 0 spiro atoms. The summed E-state index contributed by atoms with van der Waals surface area (Å²) in [6.07, 6.45) is 4.03. The second kappa shape index (κ2) is 9.70. The maximum Gasteiger partial charge on any atom is 0.407 e. The molecule has 0 bridgehead atoms. The van der Waals surface area contributed by atoms with Crippen LogP contribution < -0.4 is 5.32 Å².